The molecule has 0 bridgehead atoms. The molecule has 0 spiro atoms. The summed E-state index contributed by atoms with van der Waals surface area (Å²) in [5, 5.41) is 3.17. The van der Waals surface area contributed by atoms with Crippen LogP contribution < -0.4 is 5.32 Å². The van der Waals surface area contributed by atoms with Crippen LogP contribution in [0.15, 0.2) is 22.8 Å². The van der Waals surface area contributed by atoms with Crippen molar-refractivity contribution in [1.82, 2.24) is 10.3 Å². The van der Waals surface area contributed by atoms with Gasteiger partial charge in [0.05, 0.1) is 12.2 Å². The van der Waals surface area contributed by atoms with Crippen molar-refractivity contribution in [3.05, 3.63) is 28.5 Å². The first kappa shape index (κ1) is 10.2. The number of hydrogen-bond donors (Lipinski definition) is 1. The second-order valence-electron chi connectivity index (χ2n) is 2.48. The number of hydrogen-bond acceptors (Lipinski definition) is 2. The van der Waals surface area contributed by atoms with Gasteiger partial charge >= 0.3 is 0 Å². The summed E-state index contributed by atoms with van der Waals surface area (Å²) in [5.74, 6) is 5.76. The normalized spacial score (nSPS) is 9.08. The maximum atomic E-state index is 4.28. The molecule has 1 N–H and O–H groups in total. The summed E-state index contributed by atoms with van der Waals surface area (Å²) in [7, 11) is 0. The van der Waals surface area contributed by atoms with E-state index in [2.05, 4.69) is 38.1 Å². The van der Waals surface area contributed by atoms with Gasteiger partial charge in [0.15, 0.2) is 0 Å². The molecule has 0 saturated carbocycles. The first-order valence-electron chi connectivity index (χ1n) is 4.04. The number of aromatic nitrogens is 1. The van der Waals surface area contributed by atoms with Crippen LogP contribution in [0.3, 0.4) is 0 Å². The van der Waals surface area contributed by atoms with Crippen LogP contribution in [0, 0.1) is 11.8 Å². The van der Waals surface area contributed by atoms with Gasteiger partial charge in [0.25, 0.3) is 0 Å². The third-order valence-electron chi connectivity index (χ3n) is 1.47. The zero-order valence-electron chi connectivity index (χ0n) is 7.47. The maximum absolute atomic E-state index is 4.28. The lowest BCUT2D eigenvalue weighted by Gasteiger charge is -2.00. The van der Waals surface area contributed by atoms with Gasteiger partial charge in [0, 0.05) is 6.54 Å². The van der Waals surface area contributed by atoms with Gasteiger partial charge < -0.3 is 5.32 Å². The SMILES string of the molecule is CC#CCNCc1cccc(Br)n1. The molecule has 68 valence electrons. The smallest absolute Gasteiger partial charge is 0.106 e. The fraction of sp³-hybridized carbons (Fsp3) is 0.300. The molecule has 0 amide bonds. The minimum absolute atomic E-state index is 0.713. The molecule has 0 aliphatic rings. The van der Waals surface area contributed by atoms with E-state index in [-0.39, 0.29) is 0 Å². The van der Waals surface area contributed by atoms with E-state index in [0.717, 1.165) is 16.8 Å². The Kier molecular flexibility index (Phi) is 4.52. The Balaban J connectivity index is 2.39. The molecular weight excluding hydrogens is 228 g/mol. The van der Waals surface area contributed by atoms with Gasteiger partial charge in [-0.15, -0.1) is 5.92 Å². The van der Waals surface area contributed by atoms with Crippen LogP contribution in [-0.4, -0.2) is 11.5 Å². The topological polar surface area (TPSA) is 24.9 Å². The summed E-state index contributed by atoms with van der Waals surface area (Å²) in [6, 6.07) is 5.87. The molecule has 3 heteroatoms. The second kappa shape index (κ2) is 5.74. The third-order valence-corrected chi connectivity index (χ3v) is 1.91. The highest BCUT2D eigenvalue weighted by atomic mass is 79.9. The highest BCUT2D eigenvalue weighted by Gasteiger charge is 1.93. The fourth-order valence-electron chi connectivity index (χ4n) is 0.890. The molecular formula is C10H11BrN2. The van der Waals surface area contributed by atoms with Crippen molar-refractivity contribution in [2.24, 2.45) is 0 Å². The summed E-state index contributed by atoms with van der Waals surface area (Å²) < 4.78 is 0.869. The lowest BCUT2D eigenvalue weighted by Crippen LogP contribution is -2.14. The monoisotopic (exact) mass is 238 g/mol. The van der Waals surface area contributed by atoms with Gasteiger partial charge in [-0.05, 0) is 35.0 Å². The number of rotatable bonds is 3. The first-order chi connectivity index (χ1) is 6.33. The van der Waals surface area contributed by atoms with E-state index < -0.39 is 0 Å². The third kappa shape index (κ3) is 4.07. The van der Waals surface area contributed by atoms with Crippen LogP contribution in [0.25, 0.3) is 0 Å². The summed E-state index contributed by atoms with van der Waals surface area (Å²) in [5.41, 5.74) is 1.02. The van der Waals surface area contributed by atoms with Gasteiger partial charge in [0.2, 0.25) is 0 Å². The number of nitrogens with one attached hydrogen (secondary N) is 1. The number of halogens is 1. The molecule has 2 nitrogen and oxygen atoms in total. The average molecular weight is 239 g/mol. The van der Waals surface area contributed by atoms with Crippen molar-refractivity contribution < 1.29 is 0 Å². The highest BCUT2D eigenvalue weighted by molar-refractivity contribution is 9.10. The minimum Gasteiger partial charge on any atom is -0.301 e. The lowest BCUT2D eigenvalue weighted by atomic mass is 10.3. The fourth-order valence-corrected chi connectivity index (χ4v) is 1.27. The quantitative estimate of drug-likeness (QED) is 0.495. The molecule has 0 aromatic carbocycles. The van der Waals surface area contributed by atoms with Crippen LogP contribution in [0.4, 0.5) is 0 Å². The highest BCUT2D eigenvalue weighted by Crippen LogP contribution is 2.05. The molecule has 0 unspecified atom stereocenters. The van der Waals surface area contributed by atoms with Gasteiger partial charge in [-0.3, -0.25) is 0 Å². The summed E-state index contributed by atoms with van der Waals surface area (Å²) in [6.07, 6.45) is 0. The van der Waals surface area contributed by atoms with E-state index >= 15 is 0 Å². The van der Waals surface area contributed by atoms with E-state index in [0.29, 0.717) is 6.54 Å². The van der Waals surface area contributed by atoms with Crippen LogP contribution >= 0.6 is 15.9 Å². The lowest BCUT2D eigenvalue weighted by molar-refractivity contribution is 0.747. The van der Waals surface area contributed by atoms with Crippen LogP contribution in [-0.2, 0) is 6.54 Å². The molecule has 13 heavy (non-hydrogen) atoms. The van der Waals surface area contributed by atoms with E-state index in [9.17, 15) is 0 Å². The minimum atomic E-state index is 0.713. The summed E-state index contributed by atoms with van der Waals surface area (Å²) >= 11 is 3.32. The van der Waals surface area contributed by atoms with Crippen molar-refractivity contribution in [2.45, 2.75) is 13.5 Å². The average Bonchev–Trinajstić information content (AvgIpc) is 2.13. The van der Waals surface area contributed by atoms with Gasteiger partial charge in [-0.1, -0.05) is 12.0 Å². The second-order valence-corrected chi connectivity index (χ2v) is 3.29. The Hall–Kier alpha value is -0.850. The van der Waals surface area contributed by atoms with E-state index in [1.165, 1.54) is 0 Å². The van der Waals surface area contributed by atoms with Crippen molar-refractivity contribution >= 4 is 15.9 Å². The predicted molar refractivity (Wildman–Crippen MR) is 57.1 cm³/mol. The molecule has 1 heterocycles. The largest absolute Gasteiger partial charge is 0.301 e. The number of pyridine rings is 1. The van der Waals surface area contributed by atoms with Crippen LogP contribution in [0.2, 0.25) is 0 Å². The van der Waals surface area contributed by atoms with Crippen molar-refractivity contribution in [3.63, 3.8) is 0 Å². The van der Waals surface area contributed by atoms with Crippen molar-refractivity contribution in [3.8, 4) is 11.8 Å². The van der Waals surface area contributed by atoms with Crippen molar-refractivity contribution in [2.75, 3.05) is 6.54 Å². The molecule has 1 aromatic rings. The Morgan fingerprint density at radius 2 is 2.38 bits per heavy atom. The Morgan fingerprint density at radius 3 is 3.08 bits per heavy atom. The molecule has 0 aliphatic carbocycles. The zero-order valence-corrected chi connectivity index (χ0v) is 9.06. The molecule has 1 aromatic heterocycles. The molecule has 0 fully saturated rings. The van der Waals surface area contributed by atoms with Gasteiger partial charge in [-0.2, -0.15) is 0 Å². The maximum Gasteiger partial charge on any atom is 0.106 e. The van der Waals surface area contributed by atoms with Gasteiger partial charge in [0.1, 0.15) is 4.60 Å². The molecule has 0 radical (unpaired) electrons. The van der Waals surface area contributed by atoms with E-state index in [1.807, 2.05) is 25.1 Å². The standard InChI is InChI=1S/C10H11BrN2/c1-2-3-7-12-8-9-5-4-6-10(11)13-9/h4-6,12H,7-8H2,1H3. The van der Waals surface area contributed by atoms with E-state index in [1.54, 1.807) is 0 Å². The van der Waals surface area contributed by atoms with Crippen LogP contribution in [0.1, 0.15) is 12.6 Å². The Labute approximate surface area is 86.9 Å². The van der Waals surface area contributed by atoms with Gasteiger partial charge in [-0.25, -0.2) is 4.98 Å². The zero-order chi connectivity index (χ0) is 9.52. The van der Waals surface area contributed by atoms with E-state index in [4.69, 9.17) is 0 Å². The summed E-state index contributed by atoms with van der Waals surface area (Å²) in [4.78, 5) is 4.28. The Morgan fingerprint density at radius 1 is 1.54 bits per heavy atom. The number of nitrogens with zero attached hydrogens (tertiary/aromatic N) is 1. The first-order valence-corrected chi connectivity index (χ1v) is 4.84. The Bertz CT molecular complexity index is 325. The molecule has 0 saturated heterocycles. The van der Waals surface area contributed by atoms with Crippen molar-refractivity contribution in [1.29, 1.82) is 0 Å². The predicted octanol–water partition coefficient (Wildman–Crippen LogP) is 1.96. The molecule has 1 rings (SSSR count). The van der Waals surface area contributed by atoms with Crippen LogP contribution in [0.5, 0.6) is 0 Å². The molecule has 0 aliphatic heterocycles. The summed E-state index contributed by atoms with van der Waals surface area (Å²) in [6.45, 7) is 3.30. The molecule has 0 atom stereocenters.